The summed E-state index contributed by atoms with van der Waals surface area (Å²) in [5.74, 6) is -0.693. The molecule has 1 aliphatic rings. The molecule has 15 heavy (non-hydrogen) atoms. The Morgan fingerprint density at radius 3 is 2.33 bits per heavy atom. The van der Waals surface area contributed by atoms with Gasteiger partial charge in [-0.3, -0.25) is 14.4 Å². The topological polar surface area (TPSA) is 57.7 Å². The van der Waals surface area contributed by atoms with Crippen LogP contribution in [0.25, 0.3) is 0 Å². The highest BCUT2D eigenvalue weighted by Crippen LogP contribution is 2.10. The molecule has 1 saturated heterocycles. The highest BCUT2D eigenvalue weighted by molar-refractivity contribution is 8.13. The fourth-order valence-corrected chi connectivity index (χ4v) is 1.89. The summed E-state index contributed by atoms with van der Waals surface area (Å²) in [7, 11) is 0. The Balaban J connectivity index is 2.53. The van der Waals surface area contributed by atoms with Crippen LogP contribution < -0.4 is 0 Å². The number of amides is 2. The largest absolute Gasteiger partial charge is 0.333 e. The van der Waals surface area contributed by atoms with Crippen molar-refractivity contribution < 1.29 is 14.4 Å². The van der Waals surface area contributed by atoms with Crippen LogP contribution in [0.15, 0.2) is 0 Å². The highest BCUT2D eigenvalue weighted by Gasteiger charge is 2.31. The molecule has 0 aromatic carbocycles. The Labute approximate surface area is 92.8 Å². The van der Waals surface area contributed by atoms with Gasteiger partial charge in [-0.05, 0) is 6.92 Å². The van der Waals surface area contributed by atoms with Crippen LogP contribution in [0.3, 0.4) is 0 Å². The first kappa shape index (κ1) is 12.0. The van der Waals surface area contributed by atoms with Gasteiger partial charge in [-0.15, -0.1) is 0 Å². The minimum Gasteiger partial charge on any atom is -0.333 e. The first-order valence-corrected chi connectivity index (χ1v) is 5.76. The molecule has 0 spiro atoms. The molecule has 5 nitrogen and oxygen atoms in total. The minimum atomic E-state index is -0.503. The van der Waals surface area contributed by atoms with E-state index in [-0.39, 0.29) is 11.0 Å². The molecular formula is C9H14N2O3S. The van der Waals surface area contributed by atoms with Gasteiger partial charge in [0.2, 0.25) is 0 Å². The van der Waals surface area contributed by atoms with Crippen molar-refractivity contribution in [2.75, 3.05) is 25.5 Å². The zero-order valence-electron chi connectivity index (χ0n) is 8.86. The van der Waals surface area contributed by atoms with E-state index >= 15 is 0 Å². The van der Waals surface area contributed by atoms with Crippen LogP contribution in [0.2, 0.25) is 0 Å². The molecule has 0 aliphatic carbocycles. The molecule has 6 heteroatoms. The maximum atomic E-state index is 11.5. The second-order valence-electron chi connectivity index (χ2n) is 3.22. The van der Waals surface area contributed by atoms with Gasteiger partial charge in [-0.2, -0.15) is 0 Å². The molecule has 1 rings (SSSR count). The van der Waals surface area contributed by atoms with Gasteiger partial charge in [0.15, 0.2) is 5.12 Å². The van der Waals surface area contributed by atoms with Crippen LogP contribution in [0.4, 0.5) is 0 Å². The molecule has 0 atom stereocenters. The molecule has 0 radical (unpaired) electrons. The Hall–Kier alpha value is -1.04. The van der Waals surface area contributed by atoms with Crippen molar-refractivity contribution in [3.05, 3.63) is 0 Å². The van der Waals surface area contributed by atoms with Crippen molar-refractivity contribution in [3.8, 4) is 0 Å². The summed E-state index contributed by atoms with van der Waals surface area (Å²) in [6.45, 7) is 4.90. The number of carbonyl (C=O) groups is 3. The predicted octanol–water partition coefficient (Wildman–Crippen LogP) is -0.0857. The zero-order valence-corrected chi connectivity index (χ0v) is 9.67. The van der Waals surface area contributed by atoms with Crippen LogP contribution in [-0.2, 0) is 14.4 Å². The lowest BCUT2D eigenvalue weighted by Crippen LogP contribution is -2.53. The molecule has 0 saturated carbocycles. The Bertz CT molecular complexity index is 293. The Morgan fingerprint density at radius 2 is 1.80 bits per heavy atom. The van der Waals surface area contributed by atoms with Crippen molar-refractivity contribution in [2.24, 2.45) is 0 Å². The minimum absolute atomic E-state index is 0.0480. The molecule has 0 aromatic rings. The van der Waals surface area contributed by atoms with E-state index in [0.717, 1.165) is 11.8 Å². The lowest BCUT2D eigenvalue weighted by atomic mass is 10.3. The van der Waals surface area contributed by atoms with Gasteiger partial charge in [-0.25, -0.2) is 0 Å². The van der Waals surface area contributed by atoms with Crippen LogP contribution in [0.1, 0.15) is 13.8 Å². The summed E-state index contributed by atoms with van der Waals surface area (Å²) in [5.41, 5.74) is 0. The number of hydrogen-bond acceptors (Lipinski definition) is 4. The summed E-state index contributed by atoms with van der Waals surface area (Å²) in [4.78, 5) is 36.6. The fourth-order valence-electron chi connectivity index (χ4n) is 1.31. The van der Waals surface area contributed by atoms with Crippen molar-refractivity contribution in [2.45, 2.75) is 13.8 Å². The standard InChI is InChI=1S/C9H14N2O3S/c1-3-10-4-5-11(6-15-7(2)12)9(14)8(10)13/h3-6H2,1-2H3. The summed E-state index contributed by atoms with van der Waals surface area (Å²) in [5, 5.41) is -0.0480. The molecule has 1 fully saturated rings. The molecule has 84 valence electrons. The van der Waals surface area contributed by atoms with Crippen molar-refractivity contribution >= 4 is 28.7 Å². The molecule has 2 amide bonds. The second kappa shape index (κ2) is 5.16. The molecule has 0 bridgehead atoms. The van der Waals surface area contributed by atoms with E-state index in [0.29, 0.717) is 19.6 Å². The number of carbonyl (C=O) groups excluding carboxylic acids is 3. The Morgan fingerprint density at radius 1 is 1.27 bits per heavy atom. The number of piperazine rings is 1. The molecule has 1 aliphatic heterocycles. The SMILES string of the molecule is CCN1CCN(CSC(C)=O)C(=O)C1=O. The summed E-state index contributed by atoms with van der Waals surface area (Å²) < 4.78 is 0. The number of thioether (sulfide) groups is 1. The van der Waals surface area contributed by atoms with E-state index in [1.54, 1.807) is 0 Å². The second-order valence-corrected chi connectivity index (χ2v) is 4.34. The molecule has 0 aromatic heterocycles. The van der Waals surface area contributed by atoms with Gasteiger partial charge >= 0.3 is 11.8 Å². The molecule has 0 N–H and O–H groups in total. The molecule has 0 unspecified atom stereocenters. The van der Waals surface area contributed by atoms with Crippen LogP contribution in [-0.4, -0.2) is 52.2 Å². The first-order chi connectivity index (χ1) is 7.06. The van der Waals surface area contributed by atoms with E-state index in [1.807, 2.05) is 6.92 Å². The van der Waals surface area contributed by atoms with E-state index in [1.165, 1.54) is 16.7 Å². The van der Waals surface area contributed by atoms with E-state index in [2.05, 4.69) is 0 Å². The molecule has 1 heterocycles. The number of hydrogen-bond donors (Lipinski definition) is 0. The van der Waals surface area contributed by atoms with Crippen LogP contribution in [0, 0.1) is 0 Å². The third-order valence-corrected chi connectivity index (χ3v) is 3.05. The normalized spacial score (nSPS) is 17.2. The van der Waals surface area contributed by atoms with E-state index < -0.39 is 11.8 Å². The van der Waals surface area contributed by atoms with Crippen molar-refractivity contribution in [3.63, 3.8) is 0 Å². The lowest BCUT2D eigenvalue weighted by molar-refractivity contribution is -0.155. The molecular weight excluding hydrogens is 216 g/mol. The maximum absolute atomic E-state index is 11.5. The monoisotopic (exact) mass is 230 g/mol. The van der Waals surface area contributed by atoms with Gasteiger partial charge in [0.25, 0.3) is 0 Å². The van der Waals surface area contributed by atoms with E-state index in [4.69, 9.17) is 0 Å². The fraction of sp³-hybridized carbons (Fsp3) is 0.667. The third-order valence-electron chi connectivity index (χ3n) is 2.20. The summed E-state index contributed by atoms with van der Waals surface area (Å²) in [6.07, 6.45) is 0. The maximum Gasteiger partial charge on any atom is 0.312 e. The summed E-state index contributed by atoms with van der Waals surface area (Å²) in [6, 6.07) is 0. The Kier molecular flexibility index (Phi) is 4.14. The van der Waals surface area contributed by atoms with Crippen molar-refractivity contribution in [1.82, 2.24) is 9.80 Å². The predicted molar refractivity (Wildman–Crippen MR) is 57.1 cm³/mol. The lowest BCUT2D eigenvalue weighted by Gasteiger charge is -2.32. The van der Waals surface area contributed by atoms with Crippen molar-refractivity contribution in [1.29, 1.82) is 0 Å². The average molecular weight is 230 g/mol. The first-order valence-electron chi connectivity index (χ1n) is 4.77. The summed E-state index contributed by atoms with van der Waals surface area (Å²) >= 11 is 1.05. The zero-order chi connectivity index (χ0) is 11.4. The van der Waals surface area contributed by atoms with Gasteiger partial charge < -0.3 is 9.80 Å². The van der Waals surface area contributed by atoms with Gasteiger partial charge in [0, 0.05) is 26.6 Å². The van der Waals surface area contributed by atoms with Gasteiger partial charge in [0.05, 0.1) is 5.88 Å². The smallest absolute Gasteiger partial charge is 0.312 e. The van der Waals surface area contributed by atoms with Crippen LogP contribution in [0.5, 0.6) is 0 Å². The van der Waals surface area contributed by atoms with E-state index in [9.17, 15) is 14.4 Å². The number of nitrogens with zero attached hydrogens (tertiary/aromatic N) is 2. The number of rotatable bonds is 3. The quantitative estimate of drug-likeness (QED) is 0.636. The van der Waals surface area contributed by atoms with Gasteiger partial charge in [0.1, 0.15) is 0 Å². The third kappa shape index (κ3) is 2.95. The van der Waals surface area contributed by atoms with Gasteiger partial charge in [-0.1, -0.05) is 11.8 Å². The highest BCUT2D eigenvalue weighted by atomic mass is 32.2. The number of likely N-dealkylation sites (N-methyl/N-ethyl adjacent to an activating group) is 1. The average Bonchev–Trinajstić information content (AvgIpc) is 2.20. The van der Waals surface area contributed by atoms with Crippen LogP contribution >= 0.6 is 11.8 Å².